The van der Waals surface area contributed by atoms with E-state index in [1.54, 1.807) is 0 Å². The summed E-state index contributed by atoms with van der Waals surface area (Å²) < 4.78 is 0. The highest BCUT2D eigenvalue weighted by atomic mass is 16.4. The zero-order valence-corrected chi connectivity index (χ0v) is 16.4. The number of carboxylic acids is 1. The number of nitrogens with two attached hydrogens (primary N) is 1. The minimum atomic E-state index is -1.21. The van der Waals surface area contributed by atoms with Crippen LogP contribution in [0.5, 0.6) is 0 Å². The standard InChI is InChI=1S/C16H29N5O6/c1-7(17)12(22)19-9(3)15(25)21(6)11(5)14(24)18-8(2)13(23)20-10(4)16(26)27/h7-11H,17H2,1-6H3,(H,18,24)(H,19,22)(H,20,23)(H,26,27)/t7-,8-,9-,10-,11-/m0/s1. The van der Waals surface area contributed by atoms with Gasteiger partial charge in [0, 0.05) is 7.05 Å². The molecule has 0 fully saturated rings. The van der Waals surface area contributed by atoms with E-state index in [1.165, 1.54) is 41.7 Å². The number of carbonyl (C=O) groups is 5. The Morgan fingerprint density at radius 3 is 1.67 bits per heavy atom. The lowest BCUT2D eigenvalue weighted by molar-refractivity contribution is -0.142. The third-order valence-electron chi connectivity index (χ3n) is 3.93. The average molecular weight is 387 g/mol. The van der Waals surface area contributed by atoms with Crippen molar-refractivity contribution in [3.63, 3.8) is 0 Å². The van der Waals surface area contributed by atoms with Gasteiger partial charge in [0.15, 0.2) is 0 Å². The van der Waals surface area contributed by atoms with Gasteiger partial charge in [-0.1, -0.05) is 0 Å². The van der Waals surface area contributed by atoms with Crippen molar-refractivity contribution < 1.29 is 29.1 Å². The maximum Gasteiger partial charge on any atom is 0.325 e. The highest BCUT2D eigenvalue weighted by Gasteiger charge is 2.29. The Morgan fingerprint density at radius 1 is 0.778 bits per heavy atom. The van der Waals surface area contributed by atoms with Crippen molar-refractivity contribution in [2.75, 3.05) is 7.05 Å². The Labute approximate surface area is 158 Å². The summed E-state index contributed by atoms with van der Waals surface area (Å²) in [6.07, 6.45) is 0. The van der Waals surface area contributed by atoms with Crippen LogP contribution in [0, 0.1) is 0 Å². The quantitative estimate of drug-likeness (QED) is 0.298. The van der Waals surface area contributed by atoms with Crippen molar-refractivity contribution in [2.45, 2.75) is 64.8 Å². The molecule has 0 aliphatic carbocycles. The molecule has 0 aromatic carbocycles. The first kappa shape index (κ1) is 24.3. The number of hydrogen-bond donors (Lipinski definition) is 5. The lowest BCUT2D eigenvalue weighted by Crippen LogP contribution is -2.56. The van der Waals surface area contributed by atoms with Gasteiger partial charge in [-0.2, -0.15) is 0 Å². The van der Waals surface area contributed by atoms with Crippen LogP contribution in [0.1, 0.15) is 34.6 Å². The number of hydrogen-bond acceptors (Lipinski definition) is 6. The van der Waals surface area contributed by atoms with Crippen molar-refractivity contribution in [3.8, 4) is 0 Å². The van der Waals surface area contributed by atoms with Crippen LogP contribution in [0.3, 0.4) is 0 Å². The Balaban J connectivity index is 4.77. The van der Waals surface area contributed by atoms with Crippen molar-refractivity contribution in [3.05, 3.63) is 0 Å². The number of carboxylic acid groups (broad SMARTS) is 1. The molecular formula is C16H29N5O6. The first-order valence-electron chi connectivity index (χ1n) is 8.45. The predicted molar refractivity (Wildman–Crippen MR) is 96.3 cm³/mol. The molecule has 0 aromatic rings. The zero-order valence-electron chi connectivity index (χ0n) is 16.4. The summed E-state index contributed by atoms with van der Waals surface area (Å²) in [7, 11) is 1.39. The van der Waals surface area contributed by atoms with Crippen LogP contribution in [0.2, 0.25) is 0 Å². The Bertz CT molecular complexity index is 594. The smallest absolute Gasteiger partial charge is 0.325 e. The Kier molecular flexibility index (Phi) is 9.41. The van der Waals surface area contributed by atoms with E-state index in [0.29, 0.717) is 0 Å². The summed E-state index contributed by atoms with van der Waals surface area (Å²) in [4.78, 5) is 59.9. The minimum Gasteiger partial charge on any atom is -0.480 e. The largest absolute Gasteiger partial charge is 0.480 e. The van der Waals surface area contributed by atoms with Crippen LogP contribution in [0.4, 0.5) is 0 Å². The van der Waals surface area contributed by atoms with Crippen LogP contribution < -0.4 is 21.7 Å². The van der Waals surface area contributed by atoms with Gasteiger partial charge < -0.3 is 31.7 Å². The molecule has 0 bridgehead atoms. The molecule has 6 N–H and O–H groups in total. The number of likely N-dealkylation sites (N-methyl/N-ethyl adjacent to an activating group) is 1. The van der Waals surface area contributed by atoms with Crippen molar-refractivity contribution in [1.82, 2.24) is 20.9 Å². The summed E-state index contributed by atoms with van der Waals surface area (Å²) in [5.74, 6) is -3.50. The summed E-state index contributed by atoms with van der Waals surface area (Å²) in [6, 6.07) is -4.70. The molecule has 0 saturated heterocycles. The van der Waals surface area contributed by atoms with Crippen molar-refractivity contribution in [2.24, 2.45) is 5.73 Å². The van der Waals surface area contributed by atoms with Gasteiger partial charge in [-0.25, -0.2) is 0 Å². The van der Waals surface area contributed by atoms with Crippen LogP contribution in [0.25, 0.3) is 0 Å². The maximum absolute atomic E-state index is 12.3. The van der Waals surface area contributed by atoms with Gasteiger partial charge in [-0.3, -0.25) is 24.0 Å². The zero-order chi connectivity index (χ0) is 21.5. The molecule has 0 heterocycles. The summed E-state index contributed by atoms with van der Waals surface area (Å²) in [5.41, 5.74) is 5.43. The first-order valence-corrected chi connectivity index (χ1v) is 8.45. The van der Waals surface area contributed by atoms with Gasteiger partial charge in [0.25, 0.3) is 0 Å². The van der Waals surface area contributed by atoms with E-state index in [9.17, 15) is 24.0 Å². The van der Waals surface area contributed by atoms with Crippen LogP contribution >= 0.6 is 0 Å². The molecule has 0 aliphatic heterocycles. The van der Waals surface area contributed by atoms with Crippen LogP contribution in [-0.4, -0.2) is 76.9 Å². The van der Waals surface area contributed by atoms with Gasteiger partial charge in [-0.15, -0.1) is 0 Å². The fourth-order valence-corrected chi connectivity index (χ4v) is 1.88. The molecule has 11 heteroatoms. The molecule has 0 unspecified atom stereocenters. The fraction of sp³-hybridized carbons (Fsp3) is 0.688. The average Bonchev–Trinajstić information content (AvgIpc) is 2.58. The van der Waals surface area contributed by atoms with Gasteiger partial charge in [0.1, 0.15) is 24.2 Å². The number of nitrogens with one attached hydrogen (secondary N) is 3. The molecule has 0 radical (unpaired) electrons. The minimum absolute atomic E-state index is 0.501. The molecule has 0 spiro atoms. The Morgan fingerprint density at radius 2 is 1.22 bits per heavy atom. The van der Waals surface area contributed by atoms with E-state index in [2.05, 4.69) is 16.0 Å². The van der Waals surface area contributed by atoms with Gasteiger partial charge in [0.2, 0.25) is 23.6 Å². The van der Waals surface area contributed by atoms with E-state index in [0.717, 1.165) is 4.90 Å². The number of amides is 4. The SMILES string of the molecule is C[C@H](N)C(=O)N[C@@H](C)C(=O)N(C)[C@@H](C)C(=O)N[C@@H](C)C(=O)N[C@@H](C)C(=O)O. The van der Waals surface area contributed by atoms with E-state index < -0.39 is 59.8 Å². The van der Waals surface area contributed by atoms with Crippen molar-refractivity contribution in [1.29, 1.82) is 0 Å². The number of rotatable bonds is 9. The molecule has 0 saturated carbocycles. The van der Waals surface area contributed by atoms with Crippen molar-refractivity contribution >= 4 is 29.6 Å². The number of nitrogens with zero attached hydrogens (tertiary/aromatic N) is 1. The molecule has 4 amide bonds. The molecule has 5 atom stereocenters. The predicted octanol–water partition coefficient (Wildman–Crippen LogP) is -2.22. The molecule has 11 nitrogen and oxygen atoms in total. The van der Waals surface area contributed by atoms with Gasteiger partial charge >= 0.3 is 5.97 Å². The van der Waals surface area contributed by atoms with Crippen LogP contribution in [0.15, 0.2) is 0 Å². The van der Waals surface area contributed by atoms with E-state index in [4.69, 9.17) is 10.8 Å². The number of aliphatic carboxylic acids is 1. The third-order valence-corrected chi connectivity index (χ3v) is 3.93. The second kappa shape index (κ2) is 10.5. The monoisotopic (exact) mass is 387 g/mol. The van der Waals surface area contributed by atoms with E-state index >= 15 is 0 Å². The summed E-state index contributed by atoms with van der Waals surface area (Å²) in [5, 5.41) is 15.9. The van der Waals surface area contributed by atoms with Gasteiger partial charge in [0.05, 0.1) is 6.04 Å². The highest BCUT2D eigenvalue weighted by Crippen LogP contribution is 2.01. The molecule has 0 aliphatic rings. The fourth-order valence-electron chi connectivity index (χ4n) is 1.88. The normalized spacial score (nSPS) is 16.1. The van der Waals surface area contributed by atoms with Gasteiger partial charge in [-0.05, 0) is 34.6 Å². The molecule has 0 rings (SSSR count). The topological polar surface area (TPSA) is 171 Å². The lowest BCUT2D eigenvalue weighted by atomic mass is 10.2. The third kappa shape index (κ3) is 7.60. The van der Waals surface area contributed by atoms with E-state index in [-0.39, 0.29) is 0 Å². The first-order chi connectivity index (χ1) is 12.3. The second-order valence-electron chi connectivity index (χ2n) is 6.44. The second-order valence-corrected chi connectivity index (χ2v) is 6.44. The van der Waals surface area contributed by atoms with Crippen LogP contribution in [-0.2, 0) is 24.0 Å². The van der Waals surface area contributed by atoms with E-state index in [1.807, 2.05) is 0 Å². The molecular weight excluding hydrogens is 358 g/mol. The molecule has 0 aromatic heterocycles. The summed E-state index contributed by atoms with van der Waals surface area (Å²) in [6.45, 7) is 7.08. The lowest BCUT2D eigenvalue weighted by Gasteiger charge is -2.28. The maximum atomic E-state index is 12.3. The highest BCUT2D eigenvalue weighted by molar-refractivity contribution is 5.94. The molecule has 154 valence electrons. The Hall–Kier alpha value is -2.69. The summed E-state index contributed by atoms with van der Waals surface area (Å²) >= 11 is 0. The number of carbonyl (C=O) groups excluding carboxylic acids is 4. The molecule has 27 heavy (non-hydrogen) atoms.